The molecule has 134 valence electrons. The van der Waals surface area contributed by atoms with Gasteiger partial charge >= 0.3 is 0 Å². The summed E-state index contributed by atoms with van der Waals surface area (Å²) >= 11 is 1.34. The van der Waals surface area contributed by atoms with Crippen molar-refractivity contribution in [1.29, 1.82) is 0 Å². The van der Waals surface area contributed by atoms with Gasteiger partial charge in [0.25, 0.3) is 5.56 Å². The predicted molar refractivity (Wildman–Crippen MR) is 102 cm³/mol. The lowest BCUT2D eigenvalue weighted by molar-refractivity contribution is -0.119. The average molecular weight is 359 g/mol. The Labute approximate surface area is 152 Å². The first kappa shape index (κ1) is 18.0. The van der Waals surface area contributed by atoms with E-state index in [1.165, 1.54) is 31.0 Å². The van der Waals surface area contributed by atoms with Gasteiger partial charge in [0.05, 0.1) is 16.7 Å². The van der Waals surface area contributed by atoms with Crippen LogP contribution >= 0.6 is 11.8 Å². The van der Waals surface area contributed by atoms with Gasteiger partial charge < -0.3 is 5.32 Å². The first-order chi connectivity index (χ1) is 12.1. The zero-order valence-electron chi connectivity index (χ0n) is 14.8. The van der Waals surface area contributed by atoms with E-state index >= 15 is 0 Å². The number of aromatic nitrogens is 2. The Morgan fingerprint density at radius 3 is 2.84 bits per heavy atom. The van der Waals surface area contributed by atoms with Crippen molar-refractivity contribution in [3.8, 4) is 0 Å². The largest absolute Gasteiger partial charge is 0.352 e. The molecule has 2 aromatic rings. The van der Waals surface area contributed by atoms with Gasteiger partial charge in [-0.1, -0.05) is 43.7 Å². The molecule has 0 aliphatic heterocycles. The van der Waals surface area contributed by atoms with Crippen molar-refractivity contribution in [2.45, 2.75) is 57.3 Å². The van der Waals surface area contributed by atoms with Crippen LogP contribution < -0.4 is 10.9 Å². The molecule has 1 aliphatic carbocycles. The van der Waals surface area contributed by atoms with Gasteiger partial charge in [0.15, 0.2) is 5.16 Å². The van der Waals surface area contributed by atoms with Crippen LogP contribution in [0.3, 0.4) is 0 Å². The molecule has 1 aromatic carbocycles. The molecular formula is C19H25N3O2S. The fourth-order valence-electron chi connectivity index (χ4n) is 3.45. The number of hydrogen-bond donors (Lipinski definition) is 1. The molecule has 1 N–H and O–H groups in total. The molecule has 1 saturated carbocycles. The number of para-hydroxylation sites is 1. The summed E-state index contributed by atoms with van der Waals surface area (Å²) in [4.78, 5) is 29.5. The highest BCUT2D eigenvalue weighted by Crippen LogP contribution is 2.24. The first-order valence-corrected chi connectivity index (χ1v) is 10.0. The Hall–Kier alpha value is -1.82. The normalized spacial score (nSPS) is 20.6. The zero-order chi connectivity index (χ0) is 17.8. The molecular weight excluding hydrogens is 334 g/mol. The van der Waals surface area contributed by atoms with Crippen LogP contribution in [0.5, 0.6) is 0 Å². The van der Waals surface area contributed by atoms with Gasteiger partial charge in [-0.3, -0.25) is 14.2 Å². The van der Waals surface area contributed by atoms with E-state index in [4.69, 9.17) is 0 Å². The summed E-state index contributed by atoms with van der Waals surface area (Å²) in [6, 6.07) is 7.63. The van der Waals surface area contributed by atoms with Crippen LogP contribution in [0.15, 0.2) is 34.2 Å². The number of fused-ring (bicyclic) bond motifs is 1. The highest BCUT2D eigenvalue weighted by Gasteiger charge is 2.23. The molecule has 3 rings (SSSR count). The van der Waals surface area contributed by atoms with E-state index in [0.29, 0.717) is 28.5 Å². The minimum absolute atomic E-state index is 0.0220. The van der Waals surface area contributed by atoms with Gasteiger partial charge in [0, 0.05) is 12.6 Å². The van der Waals surface area contributed by atoms with Crippen molar-refractivity contribution in [3.63, 3.8) is 0 Å². The quantitative estimate of drug-likeness (QED) is 0.658. The second-order valence-corrected chi connectivity index (χ2v) is 7.63. The number of thioether (sulfide) groups is 1. The van der Waals surface area contributed by atoms with E-state index in [2.05, 4.69) is 17.2 Å². The zero-order valence-corrected chi connectivity index (χ0v) is 15.6. The van der Waals surface area contributed by atoms with Crippen LogP contribution in [0.2, 0.25) is 0 Å². The van der Waals surface area contributed by atoms with Crippen LogP contribution in [0.25, 0.3) is 10.9 Å². The lowest BCUT2D eigenvalue weighted by Gasteiger charge is -2.29. The van der Waals surface area contributed by atoms with Crippen LogP contribution in [0, 0.1) is 5.92 Å². The lowest BCUT2D eigenvalue weighted by atomic mass is 9.86. The highest BCUT2D eigenvalue weighted by atomic mass is 32.2. The number of benzene rings is 1. The van der Waals surface area contributed by atoms with Crippen molar-refractivity contribution in [2.24, 2.45) is 5.92 Å². The van der Waals surface area contributed by atoms with Crippen LogP contribution in [-0.2, 0) is 11.3 Å². The van der Waals surface area contributed by atoms with E-state index in [-0.39, 0.29) is 23.3 Å². The topological polar surface area (TPSA) is 64.0 Å². The number of nitrogens with zero attached hydrogens (tertiary/aromatic N) is 2. The first-order valence-electron chi connectivity index (χ1n) is 9.02. The maximum atomic E-state index is 12.6. The van der Waals surface area contributed by atoms with E-state index in [9.17, 15) is 9.59 Å². The second kappa shape index (κ2) is 8.04. The molecule has 5 nitrogen and oxygen atoms in total. The summed E-state index contributed by atoms with van der Waals surface area (Å²) in [6.07, 6.45) is 4.68. The molecule has 0 radical (unpaired) electrons. The van der Waals surface area contributed by atoms with E-state index in [1.54, 1.807) is 10.6 Å². The molecule has 2 unspecified atom stereocenters. The van der Waals surface area contributed by atoms with Crippen LogP contribution in [0.4, 0.5) is 0 Å². The average Bonchev–Trinajstić information content (AvgIpc) is 2.62. The van der Waals surface area contributed by atoms with Crippen LogP contribution in [-0.4, -0.2) is 27.3 Å². The number of nitrogens with one attached hydrogen (secondary N) is 1. The summed E-state index contributed by atoms with van der Waals surface area (Å²) in [6.45, 7) is 4.67. The molecule has 1 aromatic heterocycles. The Bertz CT molecular complexity index is 818. The third-order valence-corrected chi connectivity index (χ3v) is 5.91. The predicted octanol–water partition coefficient (Wildman–Crippen LogP) is 3.20. The third kappa shape index (κ3) is 4.06. The van der Waals surface area contributed by atoms with Gasteiger partial charge in [-0.05, 0) is 37.8 Å². The SMILES string of the molecule is CCn1c(SCC(=O)NC2CCCCC2C)nc2ccccc2c1=O. The molecule has 25 heavy (non-hydrogen) atoms. The molecule has 0 bridgehead atoms. The molecule has 2 atom stereocenters. The third-order valence-electron chi connectivity index (χ3n) is 4.93. The van der Waals surface area contributed by atoms with Gasteiger partial charge in [0.2, 0.25) is 5.91 Å². The number of hydrogen-bond acceptors (Lipinski definition) is 4. The molecule has 1 amide bonds. The Kier molecular flexibility index (Phi) is 5.78. The number of rotatable bonds is 5. The number of amides is 1. The van der Waals surface area contributed by atoms with Gasteiger partial charge in [-0.25, -0.2) is 4.98 Å². The summed E-state index contributed by atoms with van der Waals surface area (Å²) in [5.41, 5.74) is 0.637. The maximum Gasteiger partial charge on any atom is 0.262 e. The maximum absolute atomic E-state index is 12.6. The van der Waals surface area contributed by atoms with Crippen molar-refractivity contribution >= 4 is 28.6 Å². The monoisotopic (exact) mass is 359 g/mol. The van der Waals surface area contributed by atoms with Gasteiger partial charge in [0.1, 0.15) is 0 Å². The fraction of sp³-hybridized carbons (Fsp3) is 0.526. The summed E-state index contributed by atoms with van der Waals surface area (Å²) in [7, 11) is 0. The Balaban J connectivity index is 1.72. The molecule has 0 saturated heterocycles. The van der Waals surface area contributed by atoms with Crippen molar-refractivity contribution < 1.29 is 4.79 Å². The van der Waals surface area contributed by atoms with Gasteiger partial charge in [-0.15, -0.1) is 0 Å². The molecule has 1 heterocycles. The lowest BCUT2D eigenvalue weighted by Crippen LogP contribution is -2.41. The highest BCUT2D eigenvalue weighted by molar-refractivity contribution is 7.99. The minimum atomic E-state index is -0.0445. The van der Waals surface area contributed by atoms with E-state index in [1.807, 2.05) is 25.1 Å². The standard InChI is InChI=1S/C19H25N3O2S/c1-3-22-18(24)14-9-5-7-11-16(14)21-19(22)25-12-17(23)20-15-10-6-4-8-13(15)2/h5,7,9,11,13,15H,3-4,6,8,10,12H2,1-2H3,(H,20,23). The van der Waals surface area contributed by atoms with Crippen molar-refractivity contribution in [2.75, 3.05) is 5.75 Å². The molecule has 0 spiro atoms. The molecule has 6 heteroatoms. The second-order valence-electron chi connectivity index (χ2n) is 6.69. The molecule has 1 aliphatic rings. The summed E-state index contributed by atoms with van der Waals surface area (Å²) in [5, 5.41) is 4.38. The number of carbonyl (C=O) groups excluding carboxylic acids is 1. The van der Waals surface area contributed by atoms with Crippen molar-refractivity contribution in [3.05, 3.63) is 34.6 Å². The summed E-state index contributed by atoms with van der Waals surface area (Å²) in [5.74, 6) is 0.845. The fourth-order valence-corrected chi connectivity index (χ4v) is 4.32. The molecule has 1 fully saturated rings. The summed E-state index contributed by atoms with van der Waals surface area (Å²) < 4.78 is 1.64. The van der Waals surface area contributed by atoms with Crippen LogP contribution in [0.1, 0.15) is 39.5 Å². The van der Waals surface area contributed by atoms with Crippen molar-refractivity contribution in [1.82, 2.24) is 14.9 Å². The van der Waals surface area contributed by atoms with Gasteiger partial charge in [-0.2, -0.15) is 0 Å². The number of carbonyl (C=O) groups is 1. The smallest absolute Gasteiger partial charge is 0.262 e. The van der Waals surface area contributed by atoms with E-state index in [0.717, 1.165) is 6.42 Å². The van der Waals surface area contributed by atoms with E-state index < -0.39 is 0 Å². The Morgan fingerprint density at radius 2 is 2.08 bits per heavy atom. The minimum Gasteiger partial charge on any atom is -0.352 e. The Morgan fingerprint density at radius 1 is 1.32 bits per heavy atom.